The first kappa shape index (κ1) is 19.3. The Morgan fingerprint density at radius 1 is 1.31 bits per heavy atom. The highest BCUT2D eigenvalue weighted by Gasteiger charge is 2.28. The van der Waals surface area contributed by atoms with Crippen molar-refractivity contribution in [3.8, 4) is 0 Å². The summed E-state index contributed by atoms with van der Waals surface area (Å²) in [6.45, 7) is 4.32. The molecule has 0 saturated heterocycles. The lowest BCUT2D eigenvalue weighted by Gasteiger charge is -2.18. The minimum atomic E-state index is -0.538. The van der Waals surface area contributed by atoms with Crippen molar-refractivity contribution in [3.05, 3.63) is 56.3 Å². The lowest BCUT2D eigenvalue weighted by Crippen LogP contribution is -2.27. The van der Waals surface area contributed by atoms with E-state index in [1.54, 1.807) is 31.2 Å². The molecule has 0 saturated carbocycles. The van der Waals surface area contributed by atoms with Crippen molar-refractivity contribution in [2.45, 2.75) is 39.7 Å². The molecular weight excluding hydrogens is 388 g/mol. The van der Waals surface area contributed by atoms with E-state index in [2.05, 4.69) is 17.3 Å². The number of carbonyl (C=O) groups is 2. The summed E-state index contributed by atoms with van der Waals surface area (Å²) < 4.78 is 1.27. The second-order valence-corrected chi connectivity index (χ2v) is 8.49. The molecular formula is C21H22N4O3S. The minimum Gasteiger partial charge on any atom is -0.365 e. The summed E-state index contributed by atoms with van der Waals surface area (Å²) in [7, 11) is 0. The van der Waals surface area contributed by atoms with Gasteiger partial charge in [-0.2, -0.15) is 5.10 Å². The molecule has 3 aromatic rings. The fourth-order valence-electron chi connectivity index (χ4n) is 3.88. The number of benzene rings is 1. The van der Waals surface area contributed by atoms with Gasteiger partial charge in [0.25, 0.3) is 17.4 Å². The zero-order valence-electron chi connectivity index (χ0n) is 16.3. The molecule has 4 rings (SSSR count). The number of amides is 2. The number of hydrogen-bond acceptors (Lipinski definition) is 5. The van der Waals surface area contributed by atoms with E-state index in [1.165, 1.54) is 16.0 Å². The third-order valence-corrected chi connectivity index (χ3v) is 6.54. The third-order valence-electron chi connectivity index (χ3n) is 5.37. The second-order valence-electron chi connectivity index (χ2n) is 7.39. The summed E-state index contributed by atoms with van der Waals surface area (Å²) in [5.41, 5.74) is 6.91. The molecule has 7 nitrogen and oxygen atoms in total. The Kier molecular flexibility index (Phi) is 4.96. The maximum absolute atomic E-state index is 13.1. The first-order valence-electron chi connectivity index (χ1n) is 9.66. The predicted octanol–water partition coefficient (Wildman–Crippen LogP) is 2.95. The van der Waals surface area contributed by atoms with Gasteiger partial charge in [-0.1, -0.05) is 25.1 Å². The highest BCUT2D eigenvalue weighted by Crippen LogP contribution is 2.39. The molecule has 2 aromatic heterocycles. The molecule has 2 amide bonds. The maximum atomic E-state index is 13.1. The molecule has 0 bridgehead atoms. The fraction of sp³-hybridized carbons (Fsp3) is 0.333. The Bertz CT molecular complexity index is 1190. The quantitative estimate of drug-likeness (QED) is 0.689. The number of carbonyl (C=O) groups excluding carboxylic acids is 2. The van der Waals surface area contributed by atoms with E-state index in [-0.39, 0.29) is 11.3 Å². The van der Waals surface area contributed by atoms with Gasteiger partial charge in [-0.3, -0.25) is 14.4 Å². The van der Waals surface area contributed by atoms with Gasteiger partial charge in [-0.25, -0.2) is 4.68 Å². The molecule has 0 radical (unpaired) electrons. The molecule has 1 atom stereocenters. The van der Waals surface area contributed by atoms with Gasteiger partial charge in [0.05, 0.1) is 10.9 Å². The number of aryl methyl sites for hydroxylation is 1. The molecule has 1 aliphatic carbocycles. The van der Waals surface area contributed by atoms with Gasteiger partial charge in [0.1, 0.15) is 5.00 Å². The van der Waals surface area contributed by atoms with E-state index < -0.39 is 11.8 Å². The number of hydrogen-bond donors (Lipinski definition) is 2. The number of thiophene rings is 1. The normalized spacial score (nSPS) is 15.9. The van der Waals surface area contributed by atoms with Crippen LogP contribution in [0.2, 0.25) is 0 Å². The third kappa shape index (κ3) is 3.33. The van der Waals surface area contributed by atoms with Crippen LogP contribution in [0.1, 0.15) is 51.6 Å². The van der Waals surface area contributed by atoms with E-state index in [0.29, 0.717) is 33.8 Å². The van der Waals surface area contributed by atoms with Crippen molar-refractivity contribution in [2.24, 2.45) is 11.7 Å². The highest BCUT2D eigenvalue weighted by molar-refractivity contribution is 7.17. The van der Waals surface area contributed by atoms with Crippen molar-refractivity contribution in [3.63, 3.8) is 0 Å². The average molecular weight is 410 g/mol. The first-order valence-corrected chi connectivity index (χ1v) is 10.5. The highest BCUT2D eigenvalue weighted by atomic mass is 32.1. The minimum absolute atomic E-state index is 0.150. The average Bonchev–Trinajstić information content (AvgIpc) is 3.05. The van der Waals surface area contributed by atoms with E-state index in [9.17, 15) is 14.4 Å². The zero-order chi connectivity index (χ0) is 20.7. The van der Waals surface area contributed by atoms with Crippen LogP contribution in [-0.2, 0) is 19.4 Å². The second kappa shape index (κ2) is 7.44. The fourth-order valence-corrected chi connectivity index (χ4v) is 5.29. The number of nitrogens with zero attached hydrogens (tertiary/aromatic N) is 2. The summed E-state index contributed by atoms with van der Waals surface area (Å²) in [5, 5.41) is 8.48. The van der Waals surface area contributed by atoms with Crippen LogP contribution in [0.3, 0.4) is 0 Å². The standard InChI is InChI=1S/C21H22N4O3S/c1-3-25-21(28)13-7-5-4-6-12(13)17(24-25)19(27)23-20-16(18(22)26)14-9-8-11(2)10-15(14)29-20/h4-7,11H,3,8-10H2,1-2H3,(H2,22,26)(H,23,27)/t11-/m0/s1. The van der Waals surface area contributed by atoms with Crippen molar-refractivity contribution in [2.75, 3.05) is 5.32 Å². The smallest absolute Gasteiger partial charge is 0.277 e. The molecule has 1 aliphatic rings. The van der Waals surface area contributed by atoms with Crippen LogP contribution in [0.5, 0.6) is 0 Å². The van der Waals surface area contributed by atoms with Crippen LogP contribution in [0.25, 0.3) is 10.8 Å². The largest absolute Gasteiger partial charge is 0.365 e. The lowest BCUT2D eigenvalue weighted by atomic mass is 9.88. The van der Waals surface area contributed by atoms with Crippen molar-refractivity contribution < 1.29 is 9.59 Å². The molecule has 0 spiro atoms. The maximum Gasteiger partial charge on any atom is 0.277 e. The number of anilines is 1. The lowest BCUT2D eigenvalue weighted by molar-refractivity contribution is 0.1000. The SMILES string of the molecule is CCn1nc(C(=O)Nc2sc3c(c2C(N)=O)CC[C@H](C)C3)c2ccccc2c1=O. The number of fused-ring (bicyclic) bond motifs is 2. The van der Waals surface area contributed by atoms with Crippen molar-refractivity contribution >= 4 is 38.9 Å². The van der Waals surface area contributed by atoms with Crippen LogP contribution in [0, 0.1) is 5.92 Å². The summed E-state index contributed by atoms with van der Waals surface area (Å²) in [5.74, 6) is -0.467. The Morgan fingerprint density at radius 3 is 2.72 bits per heavy atom. The van der Waals surface area contributed by atoms with E-state index in [4.69, 9.17) is 5.73 Å². The van der Waals surface area contributed by atoms with E-state index >= 15 is 0 Å². The van der Waals surface area contributed by atoms with Gasteiger partial charge in [0, 0.05) is 16.8 Å². The Morgan fingerprint density at radius 2 is 2.03 bits per heavy atom. The molecule has 1 aromatic carbocycles. The number of nitrogens with two attached hydrogens (primary N) is 1. The number of nitrogens with one attached hydrogen (secondary N) is 1. The van der Waals surface area contributed by atoms with E-state index in [0.717, 1.165) is 29.7 Å². The van der Waals surface area contributed by atoms with Gasteiger partial charge >= 0.3 is 0 Å². The molecule has 2 heterocycles. The summed E-state index contributed by atoms with van der Waals surface area (Å²) >= 11 is 1.41. The molecule has 3 N–H and O–H groups in total. The summed E-state index contributed by atoms with van der Waals surface area (Å²) in [4.78, 5) is 38.9. The monoisotopic (exact) mass is 410 g/mol. The number of primary amides is 1. The van der Waals surface area contributed by atoms with E-state index in [1.807, 2.05) is 0 Å². The van der Waals surface area contributed by atoms with Crippen LogP contribution in [0.4, 0.5) is 5.00 Å². The van der Waals surface area contributed by atoms with Gasteiger partial charge < -0.3 is 11.1 Å². The van der Waals surface area contributed by atoms with Crippen LogP contribution in [0.15, 0.2) is 29.1 Å². The van der Waals surface area contributed by atoms with Crippen molar-refractivity contribution in [1.29, 1.82) is 0 Å². The zero-order valence-corrected chi connectivity index (χ0v) is 17.1. The van der Waals surface area contributed by atoms with Crippen LogP contribution < -0.4 is 16.6 Å². The summed E-state index contributed by atoms with van der Waals surface area (Å²) in [6.07, 6.45) is 2.64. The van der Waals surface area contributed by atoms with Gasteiger partial charge in [0.15, 0.2) is 5.69 Å². The van der Waals surface area contributed by atoms with Crippen LogP contribution >= 0.6 is 11.3 Å². The van der Waals surface area contributed by atoms with Crippen LogP contribution in [-0.4, -0.2) is 21.6 Å². The van der Waals surface area contributed by atoms with Gasteiger partial charge in [-0.05, 0) is 43.7 Å². The van der Waals surface area contributed by atoms with Crippen molar-refractivity contribution in [1.82, 2.24) is 9.78 Å². The molecule has 0 unspecified atom stereocenters. The summed E-state index contributed by atoms with van der Waals surface area (Å²) in [6, 6.07) is 6.90. The Hall–Kier alpha value is -3.00. The first-order chi connectivity index (χ1) is 13.9. The Labute approximate surface area is 171 Å². The molecule has 0 fully saturated rings. The van der Waals surface area contributed by atoms with Gasteiger partial charge in [0.2, 0.25) is 0 Å². The number of aromatic nitrogens is 2. The topological polar surface area (TPSA) is 107 Å². The number of rotatable bonds is 4. The molecule has 0 aliphatic heterocycles. The Balaban J connectivity index is 1.79. The molecule has 29 heavy (non-hydrogen) atoms. The predicted molar refractivity (Wildman–Crippen MR) is 114 cm³/mol. The molecule has 150 valence electrons. The van der Waals surface area contributed by atoms with Gasteiger partial charge in [-0.15, -0.1) is 11.3 Å². The molecule has 8 heteroatoms.